The number of carbonyl (C=O) groups is 3. The lowest BCUT2D eigenvalue weighted by atomic mass is 9.94. The van der Waals surface area contributed by atoms with E-state index in [2.05, 4.69) is 22.8 Å². The highest BCUT2D eigenvalue weighted by molar-refractivity contribution is 5.87. The van der Waals surface area contributed by atoms with Gasteiger partial charge in [0, 0.05) is 12.0 Å². The molecule has 220 valence electrons. The van der Waals surface area contributed by atoms with Gasteiger partial charge in [0.05, 0.1) is 18.6 Å². The average molecular weight is 571 g/mol. The SMILES string of the molecule is CC(OCc1ccccc1)C(NC(=O)OCC1c2ccccc2-c2ccccc21)C(=O)N[C@H]1CCCCC[C@H]1C(=O)O. The normalized spacial score (nSPS) is 19.5. The Balaban J connectivity index is 1.28. The molecule has 8 heteroatoms. The molecular weight excluding hydrogens is 532 g/mol. The summed E-state index contributed by atoms with van der Waals surface area (Å²) < 4.78 is 11.7. The molecule has 2 aliphatic carbocycles. The van der Waals surface area contributed by atoms with Crippen LogP contribution in [0.5, 0.6) is 0 Å². The first kappa shape index (κ1) is 29.3. The number of amides is 2. The minimum atomic E-state index is -1.08. The van der Waals surface area contributed by atoms with Crippen molar-refractivity contribution in [3.05, 3.63) is 95.6 Å². The van der Waals surface area contributed by atoms with Crippen LogP contribution >= 0.6 is 0 Å². The van der Waals surface area contributed by atoms with Crippen LogP contribution in [0.25, 0.3) is 11.1 Å². The summed E-state index contributed by atoms with van der Waals surface area (Å²) in [6.45, 7) is 2.08. The Morgan fingerprint density at radius 2 is 1.48 bits per heavy atom. The van der Waals surface area contributed by atoms with Crippen molar-refractivity contribution >= 4 is 18.0 Å². The van der Waals surface area contributed by atoms with Gasteiger partial charge in [0.15, 0.2) is 0 Å². The molecule has 2 aliphatic rings. The number of aliphatic carboxylic acids is 1. The van der Waals surface area contributed by atoms with Crippen LogP contribution in [-0.4, -0.2) is 47.9 Å². The van der Waals surface area contributed by atoms with Crippen LogP contribution in [0.15, 0.2) is 78.9 Å². The zero-order valence-electron chi connectivity index (χ0n) is 23.8. The highest BCUT2D eigenvalue weighted by Crippen LogP contribution is 2.44. The highest BCUT2D eigenvalue weighted by Gasteiger charge is 2.36. The number of carboxylic acid groups (broad SMARTS) is 1. The van der Waals surface area contributed by atoms with Gasteiger partial charge in [-0.2, -0.15) is 0 Å². The van der Waals surface area contributed by atoms with Gasteiger partial charge in [-0.25, -0.2) is 4.79 Å². The number of fused-ring (bicyclic) bond motifs is 3. The smallest absolute Gasteiger partial charge is 0.407 e. The van der Waals surface area contributed by atoms with Gasteiger partial charge in [0.2, 0.25) is 5.91 Å². The monoisotopic (exact) mass is 570 g/mol. The molecule has 0 radical (unpaired) electrons. The van der Waals surface area contributed by atoms with Crippen molar-refractivity contribution in [3.63, 3.8) is 0 Å². The maximum atomic E-state index is 13.6. The molecule has 4 atom stereocenters. The second kappa shape index (κ2) is 13.7. The van der Waals surface area contributed by atoms with E-state index in [1.165, 1.54) is 0 Å². The first-order chi connectivity index (χ1) is 20.4. The molecule has 1 saturated carbocycles. The molecule has 3 aromatic carbocycles. The molecule has 8 nitrogen and oxygen atoms in total. The van der Waals surface area contributed by atoms with E-state index in [4.69, 9.17) is 9.47 Å². The summed E-state index contributed by atoms with van der Waals surface area (Å²) in [6.07, 6.45) is 2.20. The molecule has 0 bridgehead atoms. The van der Waals surface area contributed by atoms with Crippen molar-refractivity contribution in [2.45, 2.75) is 69.7 Å². The average Bonchev–Trinajstić information content (AvgIpc) is 3.13. The number of hydrogen-bond donors (Lipinski definition) is 3. The summed E-state index contributed by atoms with van der Waals surface area (Å²) in [4.78, 5) is 38.7. The van der Waals surface area contributed by atoms with Crippen molar-refractivity contribution in [2.75, 3.05) is 6.61 Å². The summed E-state index contributed by atoms with van der Waals surface area (Å²) in [5.74, 6) is -2.20. The van der Waals surface area contributed by atoms with E-state index in [1.807, 2.05) is 66.7 Å². The van der Waals surface area contributed by atoms with Crippen LogP contribution in [0, 0.1) is 5.92 Å². The zero-order valence-corrected chi connectivity index (χ0v) is 23.8. The van der Waals surface area contributed by atoms with Gasteiger partial charge < -0.3 is 25.2 Å². The number of alkyl carbamates (subject to hydrolysis) is 1. The third-order valence-corrected chi connectivity index (χ3v) is 8.39. The molecule has 3 aromatic rings. The van der Waals surface area contributed by atoms with Gasteiger partial charge in [-0.15, -0.1) is 0 Å². The van der Waals surface area contributed by atoms with Gasteiger partial charge >= 0.3 is 12.1 Å². The molecule has 0 aliphatic heterocycles. The number of ether oxygens (including phenoxy) is 2. The third kappa shape index (κ3) is 6.82. The molecule has 42 heavy (non-hydrogen) atoms. The van der Waals surface area contributed by atoms with E-state index in [9.17, 15) is 19.5 Å². The highest BCUT2D eigenvalue weighted by atomic mass is 16.5. The summed E-state index contributed by atoms with van der Waals surface area (Å²) in [5, 5.41) is 15.5. The maximum absolute atomic E-state index is 13.6. The van der Waals surface area contributed by atoms with Crippen molar-refractivity contribution in [3.8, 4) is 11.1 Å². The quantitative estimate of drug-likeness (QED) is 0.272. The largest absolute Gasteiger partial charge is 0.481 e. The molecule has 2 amide bonds. The van der Waals surface area contributed by atoms with Crippen molar-refractivity contribution in [1.82, 2.24) is 10.6 Å². The van der Waals surface area contributed by atoms with Gasteiger partial charge in [-0.3, -0.25) is 9.59 Å². The summed E-state index contributed by atoms with van der Waals surface area (Å²) in [6, 6.07) is 24.1. The van der Waals surface area contributed by atoms with Gasteiger partial charge in [0.25, 0.3) is 0 Å². The Kier molecular flexibility index (Phi) is 9.54. The fraction of sp³-hybridized carbons (Fsp3) is 0.382. The number of hydrogen-bond acceptors (Lipinski definition) is 5. The summed E-state index contributed by atoms with van der Waals surface area (Å²) in [5.41, 5.74) is 5.36. The van der Waals surface area contributed by atoms with E-state index in [1.54, 1.807) is 6.92 Å². The van der Waals surface area contributed by atoms with Crippen LogP contribution in [0.4, 0.5) is 4.79 Å². The van der Waals surface area contributed by atoms with Crippen LogP contribution in [-0.2, 0) is 25.7 Å². The van der Waals surface area contributed by atoms with Gasteiger partial charge in [-0.1, -0.05) is 98.1 Å². The number of benzene rings is 3. The molecule has 0 heterocycles. The fourth-order valence-corrected chi connectivity index (χ4v) is 6.11. The number of carboxylic acids is 1. The predicted molar refractivity (Wildman–Crippen MR) is 159 cm³/mol. The molecular formula is C34H38N2O6. The Morgan fingerprint density at radius 3 is 2.14 bits per heavy atom. The van der Waals surface area contributed by atoms with Crippen LogP contribution in [0.2, 0.25) is 0 Å². The van der Waals surface area contributed by atoms with Crippen LogP contribution in [0.1, 0.15) is 61.6 Å². The van der Waals surface area contributed by atoms with E-state index in [0.29, 0.717) is 12.8 Å². The second-order valence-electron chi connectivity index (χ2n) is 11.1. The van der Waals surface area contributed by atoms with Gasteiger partial charge in [0.1, 0.15) is 12.6 Å². The van der Waals surface area contributed by atoms with Crippen LogP contribution in [0.3, 0.4) is 0 Å². The van der Waals surface area contributed by atoms with Crippen LogP contribution < -0.4 is 10.6 Å². The molecule has 0 saturated heterocycles. The molecule has 5 rings (SSSR count). The number of rotatable bonds is 10. The molecule has 3 N–H and O–H groups in total. The standard InChI is InChI=1S/C34H38N2O6/c1-22(41-20-23-12-4-2-5-13-23)31(32(37)35-30-19-7-3-6-18-28(30)33(38)39)36-34(40)42-21-29-26-16-10-8-14-24(26)25-15-9-11-17-27(25)29/h2,4-5,8-17,22,28-31H,3,6-7,18-21H2,1H3,(H,35,37)(H,36,40)(H,38,39)/t22?,28-,30+,31?/m1/s1. The summed E-state index contributed by atoms with van der Waals surface area (Å²) >= 11 is 0. The zero-order chi connectivity index (χ0) is 29.5. The Labute approximate surface area is 246 Å². The predicted octanol–water partition coefficient (Wildman–Crippen LogP) is 5.65. The van der Waals surface area contributed by atoms with Crippen molar-refractivity contribution < 1.29 is 29.0 Å². The molecule has 0 aromatic heterocycles. The number of nitrogens with one attached hydrogen (secondary N) is 2. The minimum Gasteiger partial charge on any atom is -0.481 e. The molecule has 0 spiro atoms. The first-order valence-corrected chi connectivity index (χ1v) is 14.7. The fourth-order valence-electron chi connectivity index (χ4n) is 6.11. The Morgan fingerprint density at radius 1 is 0.857 bits per heavy atom. The van der Waals surface area contributed by atoms with E-state index < -0.39 is 42.1 Å². The minimum absolute atomic E-state index is 0.108. The topological polar surface area (TPSA) is 114 Å². The van der Waals surface area contributed by atoms with Gasteiger partial charge in [-0.05, 0) is 47.6 Å². The summed E-state index contributed by atoms with van der Waals surface area (Å²) in [7, 11) is 0. The lowest BCUT2D eigenvalue weighted by molar-refractivity contribution is -0.143. The second-order valence-corrected chi connectivity index (χ2v) is 11.1. The maximum Gasteiger partial charge on any atom is 0.407 e. The third-order valence-electron chi connectivity index (χ3n) is 8.39. The van der Waals surface area contributed by atoms with E-state index in [-0.39, 0.29) is 19.1 Å². The lowest BCUT2D eigenvalue weighted by Gasteiger charge is -2.29. The van der Waals surface area contributed by atoms with E-state index >= 15 is 0 Å². The van der Waals surface area contributed by atoms with E-state index in [0.717, 1.165) is 47.1 Å². The Bertz CT molecular complexity index is 1350. The Hall–Kier alpha value is -4.17. The number of carbonyl (C=O) groups excluding carboxylic acids is 2. The molecule has 2 unspecified atom stereocenters. The lowest BCUT2D eigenvalue weighted by Crippen LogP contribution is -2.56. The van der Waals surface area contributed by atoms with Crippen molar-refractivity contribution in [2.24, 2.45) is 5.92 Å². The first-order valence-electron chi connectivity index (χ1n) is 14.7. The van der Waals surface area contributed by atoms with Crippen molar-refractivity contribution in [1.29, 1.82) is 0 Å². The molecule has 1 fully saturated rings.